The molecule has 0 radical (unpaired) electrons. The lowest BCUT2D eigenvalue weighted by molar-refractivity contribution is -0.193. The predicted molar refractivity (Wildman–Crippen MR) is 121 cm³/mol. The maximum atomic E-state index is 6.30. The van der Waals surface area contributed by atoms with Crippen LogP contribution >= 0.6 is 23.2 Å². The average molecular weight is 430 g/mol. The first-order valence-corrected chi connectivity index (χ1v) is 12.0. The van der Waals surface area contributed by atoms with Crippen LogP contribution in [-0.2, 0) is 5.41 Å². The Kier molecular flexibility index (Phi) is 2.88. The predicted octanol–water partition coefficient (Wildman–Crippen LogP) is 7.39. The fraction of sp³-hybridized carbons (Fsp3) is 0.370. The number of aromatic nitrogens is 1. The van der Waals surface area contributed by atoms with Crippen LogP contribution in [0.3, 0.4) is 0 Å². The molecule has 8 rings (SSSR count). The van der Waals surface area contributed by atoms with Crippen molar-refractivity contribution >= 4 is 23.2 Å². The minimum absolute atomic E-state index is 0.218. The average Bonchev–Trinajstić information content (AvgIpc) is 3.32. The molecule has 3 aromatic rings. The van der Waals surface area contributed by atoms with Crippen LogP contribution in [0.4, 0.5) is 0 Å². The Hall–Kier alpha value is -1.83. The van der Waals surface area contributed by atoms with Gasteiger partial charge in [-0.05, 0) is 100 Å². The maximum absolute atomic E-state index is 6.30. The van der Waals surface area contributed by atoms with Gasteiger partial charge in [0.25, 0.3) is 0 Å². The van der Waals surface area contributed by atoms with Gasteiger partial charge in [0.15, 0.2) is 0 Å². The minimum Gasteiger partial charge on any atom is -0.224 e. The van der Waals surface area contributed by atoms with Gasteiger partial charge in [0.05, 0.1) is 0 Å². The van der Waals surface area contributed by atoms with E-state index < -0.39 is 0 Å². The molecule has 1 nitrogen and oxygen atoms in total. The van der Waals surface area contributed by atoms with E-state index in [1.807, 2.05) is 12.1 Å². The van der Waals surface area contributed by atoms with E-state index in [0.29, 0.717) is 15.7 Å². The van der Waals surface area contributed by atoms with Gasteiger partial charge in [-0.2, -0.15) is 0 Å². The molecular formula is C27H21Cl2N. The number of rotatable bonds is 1. The van der Waals surface area contributed by atoms with Crippen LogP contribution in [0.25, 0.3) is 22.3 Å². The first kappa shape index (κ1) is 16.8. The van der Waals surface area contributed by atoms with E-state index in [-0.39, 0.29) is 5.41 Å². The molecule has 2 spiro atoms. The monoisotopic (exact) mass is 429 g/mol. The summed E-state index contributed by atoms with van der Waals surface area (Å²) in [4.78, 5) is 4.17. The molecule has 30 heavy (non-hydrogen) atoms. The third-order valence-corrected chi connectivity index (χ3v) is 10.2. The van der Waals surface area contributed by atoms with Crippen LogP contribution < -0.4 is 0 Å². The molecule has 0 aliphatic heterocycles. The van der Waals surface area contributed by atoms with Crippen LogP contribution in [0, 0.1) is 29.1 Å². The zero-order valence-corrected chi connectivity index (χ0v) is 18.0. The molecule has 0 saturated heterocycles. The molecule has 1 heterocycles. The molecular weight excluding hydrogens is 409 g/mol. The SMILES string of the molecule is Clc1cc(-c2cccc3c2-c2ccccc2C32C3CC4CC5CC2C45C3)cc(Cl)n1. The Labute approximate surface area is 186 Å². The summed E-state index contributed by atoms with van der Waals surface area (Å²) in [5.41, 5.74) is 9.19. The van der Waals surface area contributed by atoms with E-state index >= 15 is 0 Å². The highest BCUT2D eigenvalue weighted by Gasteiger charge is 2.82. The third-order valence-electron chi connectivity index (χ3n) is 9.85. The van der Waals surface area contributed by atoms with Gasteiger partial charge < -0.3 is 0 Å². The Morgan fingerprint density at radius 2 is 1.47 bits per heavy atom. The quantitative estimate of drug-likeness (QED) is 0.367. The van der Waals surface area contributed by atoms with Crippen LogP contribution in [0.5, 0.6) is 0 Å². The van der Waals surface area contributed by atoms with Crippen molar-refractivity contribution in [1.82, 2.24) is 4.98 Å². The fourth-order valence-electron chi connectivity index (χ4n) is 9.14. The van der Waals surface area contributed by atoms with Crippen LogP contribution in [0.1, 0.15) is 36.8 Å². The van der Waals surface area contributed by atoms with Gasteiger partial charge >= 0.3 is 0 Å². The van der Waals surface area contributed by atoms with Gasteiger partial charge in [0.2, 0.25) is 0 Å². The first-order valence-electron chi connectivity index (χ1n) is 11.2. The molecule has 6 atom stereocenters. The number of nitrogens with zero attached hydrogens (tertiary/aromatic N) is 1. The van der Waals surface area contributed by atoms with E-state index in [1.165, 1.54) is 42.4 Å². The van der Waals surface area contributed by atoms with Gasteiger partial charge in [0.1, 0.15) is 10.3 Å². The molecule has 6 unspecified atom stereocenters. The number of pyridine rings is 1. The number of fused-ring (bicyclic) bond motifs is 8. The second-order valence-corrected chi connectivity index (χ2v) is 11.1. The van der Waals surface area contributed by atoms with Crippen LogP contribution in [0.15, 0.2) is 54.6 Å². The van der Waals surface area contributed by atoms with Crippen molar-refractivity contribution in [2.45, 2.75) is 31.1 Å². The van der Waals surface area contributed by atoms with Gasteiger partial charge in [-0.25, -0.2) is 4.98 Å². The summed E-state index contributed by atoms with van der Waals surface area (Å²) >= 11 is 12.6. The highest BCUT2D eigenvalue weighted by Crippen LogP contribution is 2.88. The maximum Gasteiger partial charge on any atom is 0.131 e. The van der Waals surface area contributed by atoms with Crippen LogP contribution in [-0.4, -0.2) is 4.98 Å². The Bertz CT molecular complexity index is 1260. The summed E-state index contributed by atoms with van der Waals surface area (Å²) in [5, 5.41) is 0.906. The number of hydrogen-bond acceptors (Lipinski definition) is 1. The van der Waals surface area contributed by atoms with Crippen molar-refractivity contribution in [3.05, 3.63) is 76.0 Å². The summed E-state index contributed by atoms with van der Waals surface area (Å²) < 4.78 is 0. The van der Waals surface area contributed by atoms with E-state index in [2.05, 4.69) is 47.4 Å². The summed E-state index contributed by atoms with van der Waals surface area (Å²) in [6, 6.07) is 20.1. The topological polar surface area (TPSA) is 12.9 Å². The smallest absolute Gasteiger partial charge is 0.131 e. The van der Waals surface area contributed by atoms with Gasteiger partial charge in [-0.15, -0.1) is 0 Å². The lowest BCUT2D eigenvalue weighted by atomic mass is 9.34. The second-order valence-electron chi connectivity index (χ2n) is 10.3. The van der Waals surface area contributed by atoms with Gasteiger partial charge in [0, 0.05) is 5.41 Å². The molecule has 5 aliphatic carbocycles. The van der Waals surface area contributed by atoms with E-state index in [4.69, 9.17) is 23.2 Å². The second kappa shape index (κ2) is 5.14. The number of benzene rings is 2. The molecule has 2 bridgehead atoms. The minimum atomic E-state index is 0.218. The fourth-order valence-corrected chi connectivity index (χ4v) is 9.60. The van der Waals surface area contributed by atoms with Crippen LogP contribution in [0.2, 0.25) is 10.3 Å². The van der Waals surface area contributed by atoms with E-state index in [1.54, 1.807) is 11.1 Å². The van der Waals surface area contributed by atoms with Crippen molar-refractivity contribution in [3.63, 3.8) is 0 Å². The summed E-state index contributed by atoms with van der Waals surface area (Å²) in [5.74, 6) is 3.64. The molecule has 4 fully saturated rings. The highest BCUT2D eigenvalue weighted by molar-refractivity contribution is 6.33. The third kappa shape index (κ3) is 1.59. The molecule has 5 aliphatic rings. The summed E-state index contributed by atoms with van der Waals surface area (Å²) in [6.45, 7) is 0. The molecule has 0 amide bonds. The number of hydrogen-bond donors (Lipinski definition) is 0. The first-order chi connectivity index (χ1) is 14.6. The van der Waals surface area contributed by atoms with Gasteiger partial charge in [-0.1, -0.05) is 65.7 Å². The highest BCUT2D eigenvalue weighted by atomic mass is 35.5. The molecule has 1 aromatic heterocycles. The summed E-state index contributed by atoms with van der Waals surface area (Å²) in [6.07, 6.45) is 5.82. The zero-order chi connectivity index (χ0) is 19.8. The largest absolute Gasteiger partial charge is 0.224 e. The van der Waals surface area contributed by atoms with Gasteiger partial charge in [-0.3, -0.25) is 0 Å². The normalized spacial score (nSPS) is 38.1. The van der Waals surface area contributed by atoms with Crippen molar-refractivity contribution in [3.8, 4) is 22.3 Å². The molecule has 2 aromatic carbocycles. The molecule has 148 valence electrons. The lowest BCUT2D eigenvalue weighted by Crippen LogP contribution is -2.65. The van der Waals surface area contributed by atoms with Crippen molar-refractivity contribution < 1.29 is 0 Å². The Balaban J connectivity index is 1.44. The summed E-state index contributed by atoms with van der Waals surface area (Å²) in [7, 11) is 0. The van der Waals surface area contributed by atoms with E-state index in [9.17, 15) is 0 Å². The van der Waals surface area contributed by atoms with Crippen molar-refractivity contribution in [2.75, 3.05) is 0 Å². The van der Waals surface area contributed by atoms with Crippen molar-refractivity contribution in [2.24, 2.45) is 29.1 Å². The molecule has 0 N–H and O–H groups in total. The zero-order valence-electron chi connectivity index (χ0n) is 16.5. The molecule has 3 heteroatoms. The Morgan fingerprint density at radius 3 is 2.27 bits per heavy atom. The standard InChI is InChI=1S/C27H21Cl2N/c28-23-8-14(9-24(29)30-23)18-5-3-7-21-25(18)19-4-1-2-6-20(19)27(21)17-11-15-10-16-12-22(27)26(15,16)13-17/h1-9,15-17,22H,10-13H2. The van der Waals surface area contributed by atoms with Crippen molar-refractivity contribution in [1.29, 1.82) is 0 Å². The number of halogens is 2. The Morgan fingerprint density at radius 1 is 0.767 bits per heavy atom. The van der Waals surface area contributed by atoms with E-state index in [0.717, 1.165) is 29.2 Å². The lowest BCUT2D eigenvalue weighted by Gasteiger charge is -2.70. The molecule has 4 saturated carbocycles.